The van der Waals surface area contributed by atoms with Crippen molar-refractivity contribution in [2.24, 2.45) is 7.05 Å². The van der Waals surface area contributed by atoms with Gasteiger partial charge in [0.2, 0.25) is 0 Å². The summed E-state index contributed by atoms with van der Waals surface area (Å²) in [7, 11) is 1.81. The van der Waals surface area contributed by atoms with Gasteiger partial charge in [0, 0.05) is 31.0 Å². The standard InChI is InChI=1S/C15H17N5O3/c1-9-14(21)19-12-5-11(3-4-13(12)23-9)18-15(22)16-6-10-7-17-20(2)8-10/h3-5,7-9H,6H2,1-2H3,(H,19,21)(H2,16,18,22)/t9-/m1/s1. The molecule has 0 bridgehead atoms. The third-order valence-electron chi connectivity index (χ3n) is 3.38. The monoisotopic (exact) mass is 315 g/mol. The first-order valence-corrected chi connectivity index (χ1v) is 7.15. The van der Waals surface area contributed by atoms with Gasteiger partial charge in [0.05, 0.1) is 11.9 Å². The quantitative estimate of drug-likeness (QED) is 0.799. The van der Waals surface area contributed by atoms with E-state index in [9.17, 15) is 9.59 Å². The summed E-state index contributed by atoms with van der Waals surface area (Å²) in [4.78, 5) is 23.5. The molecule has 1 aliphatic heterocycles. The number of amides is 3. The number of carbonyl (C=O) groups is 2. The molecular formula is C15H17N5O3. The molecule has 120 valence electrons. The smallest absolute Gasteiger partial charge is 0.319 e. The fourth-order valence-corrected chi connectivity index (χ4v) is 2.21. The van der Waals surface area contributed by atoms with Crippen LogP contribution in [0.1, 0.15) is 12.5 Å². The van der Waals surface area contributed by atoms with Gasteiger partial charge in [-0.3, -0.25) is 9.48 Å². The maximum Gasteiger partial charge on any atom is 0.319 e. The number of hydrogen-bond donors (Lipinski definition) is 3. The van der Waals surface area contributed by atoms with Gasteiger partial charge in [-0.1, -0.05) is 0 Å². The summed E-state index contributed by atoms with van der Waals surface area (Å²) in [5.74, 6) is 0.370. The zero-order valence-electron chi connectivity index (χ0n) is 12.8. The fourth-order valence-electron chi connectivity index (χ4n) is 2.21. The first-order valence-electron chi connectivity index (χ1n) is 7.15. The average Bonchev–Trinajstić information content (AvgIpc) is 2.92. The largest absolute Gasteiger partial charge is 0.479 e. The number of aryl methyl sites for hydroxylation is 1. The zero-order chi connectivity index (χ0) is 16.4. The van der Waals surface area contributed by atoms with Gasteiger partial charge in [0.15, 0.2) is 6.10 Å². The predicted octanol–water partition coefficient (Wildman–Crippen LogP) is 1.46. The first kappa shape index (κ1) is 14.9. The van der Waals surface area contributed by atoms with Crippen molar-refractivity contribution in [3.8, 4) is 5.75 Å². The predicted molar refractivity (Wildman–Crippen MR) is 84.2 cm³/mol. The minimum absolute atomic E-state index is 0.212. The molecule has 0 aliphatic carbocycles. The number of hydrogen-bond acceptors (Lipinski definition) is 4. The molecule has 1 atom stereocenters. The van der Waals surface area contributed by atoms with Crippen LogP contribution in [0.3, 0.4) is 0 Å². The molecule has 0 saturated heterocycles. The molecule has 23 heavy (non-hydrogen) atoms. The lowest BCUT2D eigenvalue weighted by atomic mass is 10.2. The van der Waals surface area contributed by atoms with E-state index < -0.39 is 6.10 Å². The van der Waals surface area contributed by atoms with E-state index in [1.807, 2.05) is 13.2 Å². The normalized spacial score (nSPS) is 16.1. The van der Waals surface area contributed by atoms with Gasteiger partial charge in [-0.05, 0) is 25.1 Å². The number of anilines is 2. The van der Waals surface area contributed by atoms with Crippen LogP contribution in [0.2, 0.25) is 0 Å². The zero-order valence-corrected chi connectivity index (χ0v) is 12.8. The Bertz CT molecular complexity index is 755. The number of ether oxygens (including phenoxy) is 1. The molecule has 0 fully saturated rings. The van der Waals surface area contributed by atoms with Crippen LogP contribution < -0.4 is 20.7 Å². The summed E-state index contributed by atoms with van der Waals surface area (Å²) in [6.45, 7) is 2.05. The van der Waals surface area contributed by atoms with Crippen LogP contribution in [0.4, 0.5) is 16.2 Å². The maximum absolute atomic E-state index is 11.9. The third-order valence-corrected chi connectivity index (χ3v) is 3.38. The van der Waals surface area contributed by atoms with Gasteiger partial charge >= 0.3 is 6.03 Å². The van der Waals surface area contributed by atoms with E-state index >= 15 is 0 Å². The minimum Gasteiger partial charge on any atom is -0.479 e. The van der Waals surface area contributed by atoms with Gasteiger partial charge in [-0.25, -0.2) is 4.79 Å². The Kier molecular flexibility index (Phi) is 3.88. The Labute approximate surface area is 132 Å². The second-order valence-corrected chi connectivity index (χ2v) is 5.29. The van der Waals surface area contributed by atoms with E-state index in [1.165, 1.54) is 0 Å². The Hall–Kier alpha value is -3.03. The number of nitrogens with zero attached hydrogens (tertiary/aromatic N) is 2. The van der Waals surface area contributed by atoms with Crippen molar-refractivity contribution >= 4 is 23.3 Å². The van der Waals surface area contributed by atoms with Crippen molar-refractivity contribution in [2.45, 2.75) is 19.6 Å². The van der Waals surface area contributed by atoms with E-state index in [4.69, 9.17) is 4.74 Å². The maximum atomic E-state index is 11.9. The van der Waals surface area contributed by atoms with Gasteiger partial charge < -0.3 is 20.7 Å². The molecule has 8 nitrogen and oxygen atoms in total. The highest BCUT2D eigenvalue weighted by Crippen LogP contribution is 2.32. The van der Waals surface area contributed by atoms with Gasteiger partial charge in [0.25, 0.3) is 5.91 Å². The van der Waals surface area contributed by atoms with E-state index in [0.717, 1.165) is 5.56 Å². The summed E-state index contributed by atoms with van der Waals surface area (Å²) in [5.41, 5.74) is 2.01. The lowest BCUT2D eigenvalue weighted by Gasteiger charge is -2.23. The average molecular weight is 315 g/mol. The minimum atomic E-state index is -0.524. The molecule has 3 amide bonds. The lowest BCUT2D eigenvalue weighted by molar-refractivity contribution is -0.122. The van der Waals surface area contributed by atoms with E-state index in [1.54, 1.807) is 36.0 Å². The molecule has 1 aromatic carbocycles. The van der Waals surface area contributed by atoms with Crippen LogP contribution >= 0.6 is 0 Å². The topological polar surface area (TPSA) is 97.3 Å². The number of aromatic nitrogens is 2. The van der Waals surface area contributed by atoms with Crippen LogP contribution in [0.25, 0.3) is 0 Å². The number of fused-ring (bicyclic) bond motifs is 1. The van der Waals surface area contributed by atoms with E-state index in [-0.39, 0.29) is 11.9 Å². The highest BCUT2D eigenvalue weighted by atomic mass is 16.5. The van der Waals surface area contributed by atoms with Gasteiger partial charge in [-0.2, -0.15) is 5.10 Å². The Morgan fingerprint density at radius 3 is 3.04 bits per heavy atom. The molecular weight excluding hydrogens is 298 g/mol. The van der Waals surface area contributed by atoms with Crippen molar-refractivity contribution in [1.29, 1.82) is 0 Å². The molecule has 1 aliphatic rings. The summed E-state index contributed by atoms with van der Waals surface area (Å²) >= 11 is 0. The number of rotatable bonds is 3. The first-order chi connectivity index (χ1) is 11.0. The molecule has 2 aromatic rings. The van der Waals surface area contributed by atoms with E-state index in [2.05, 4.69) is 21.0 Å². The van der Waals surface area contributed by atoms with Crippen LogP contribution in [-0.4, -0.2) is 27.8 Å². The lowest BCUT2D eigenvalue weighted by Crippen LogP contribution is -2.34. The molecule has 2 heterocycles. The van der Waals surface area contributed by atoms with Crippen LogP contribution in [0.5, 0.6) is 5.75 Å². The molecule has 8 heteroatoms. The summed E-state index contributed by atoms with van der Waals surface area (Å²) in [5, 5.41) is 12.2. The number of carbonyl (C=O) groups excluding carboxylic acids is 2. The molecule has 0 unspecified atom stereocenters. The molecule has 0 spiro atoms. The van der Waals surface area contributed by atoms with Crippen LogP contribution in [-0.2, 0) is 18.4 Å². The summed E-state index contributed by atoms with van der Waals surface area (Å²) in [6.07, 6.45) is 2.99. The highest BCUT2D eigenvalue weighted by molar-refractivity contribution is 5.99. The number of benzene rings is 1. The van der Waals surface area contributed by atoms with Crippen molar-refractivity contribution in [1.82, 2.24) is 15.1 Å². The molecule has 0 saturated carbocycles. The van der Waals surface area contributed by atoms with Crippen LogP contribution in [0, 0.1) is 0 Å². The molecule has 3 rings (SSSR count). The van der Waals surface area contributed by atoms with Gasteiger partial charge in [0.1, 0.15) is 5.75 Å². The van der Waals surface area contributed by atoms with Crippen molar-refractivity contribution < 1.29 is 14.3 Å². The van der Waals surface area contributed by atoms with Crippen molar-refractivity contribution in [3.05, 3.63) is 36.2 Å². The second-order valence-electron chi connectivity index (χ2n) is 5.29. The summed E-state index contributed by atoms with van der Waals surface area (Å²) < 4.78 is 7.13. The fraction of sp³-hybridized carbons (Fsp3) is 0.267. The van der Waals surface area contributed by atoms with Crippen molar-refractivity contribution in [3.63, 3.8) is 0 Å². The number of urea groups is 1. The summed E-state index contributed by atoms with van der Waals surface area (Å²) in [6, 6.07) is 4.74. The third kappa shape index (κ3) is 3.42. The molecule has 3 N–H and O–H groups in total. The Balaban J connectivity index is 1.60. The Morgan fingerprint density at radius 1 is 1.48 bits per heavy atom. The Morgan fingerprint density at radius 2 is 2.30 bits per heavy atom. The number of nitrogens with one attached hydrogen (secondary N) is 3. The highest BCUT2D eigenvalue weighted by Gasteiger charge is 2.23. The van der Waals surface area contributed by atoms with E-state index in [0.29, 0.717) is 23.7 Å². The SMILES string of the molecule is C[C@H]1Oc2ccc(NC(=O)NCc3cnn(C)c3)cc2NC1=O. The molecule has 0 radical (unpaired) electrons. The van der Waals surface area contributed by atoms with Gasteiger partial charge in [-0.15, -0.1) is 0 Å². The molecule has 1 aromatic heterocycles. The van der Waals surface area contributed by atoms with Crippen molar-refractivity contribution in [2.75, 3.05) is 10.6 Å². The van der Waals surface area contributed by atoms with Crippen LogP contribution in [0.15, 0.2) is 30.6 Å². The second kappa shape index (κ2) is 5.99.